The summed E-state index contributed by atoms with van der Waals surface area (Å²) in [5.74, 6) is 0.146. The number of carbonyl (C=O) groups is 1. The smallest absolute Gasteiger partial charge is 0.329 e. The number of fused-ring (bicyclic) bond motifs is 1. The fourth-order valence-corrected chi connectivity index (χ4v) is 3.67. The summed E-state index contributed by atoms with van der Waals surface area (Å²) in [4.78, 5) is 18.7. The average molecular weight is 406 g/mol. The molecule has 0 saturated heterocycles. The molecule has 1 aliphatic rings. The van der Waals surface area contributed by atoms with E-state index in [0.29, 0.717) is 18.9 Å². The topological polar surface area (TPSA) is 38.1 Å². The number of rotatable bonds is 2. The molecule has 0 saturated carbocycles. The first kappa shape index (κ1) is 18.6. The van der Waals surface area contributed by atoms with Gasteiger partial charge in [0.1, 0.15) is 5.82 Å². The Kier molecular flexibility index (Phi) is 4.63. The molecular formula is C20H15ClF3N3O. The minimum Gasteiger partial charge on any atom is -0.329 e. The van der Waals surface area contributed by atoms with Crippen LogP contribution < -0.4 is 0 Å². The van der Waals surface area contributed by atoms with Crippen LogP contribution in [0.5, 0.6) is 0 Å². The van der Waals surface area contributed by atoms with E-state index >= 15 is 0 Å². The van der Waals surface area contributed by atoms with Gasteiger partial charge in [-0.3, -0.25) is 4.79 Å². The van der Waals surface area contributed by atoms with Crippen molar-refractivity contribution in [2.45, 2.75) is 19.3 Å². The molecule has 2 heterocycles. The van der Waals surface area contributed by atoms with Crippen LogP contribution in [0.15, 0.2) is 54.7 Å². The number of carbonyl (C=O) groups excluding carboxylic acids is 1. The summed E-state index contributed by atoms with van der Waals surface area (Å²) in [6.07, 6.45) is -2.87. The van der Waals surface area contributed by atoms with Crippen molar-refractivity contribution in [1.82, 2.24) is 14.5 Å². The van der Waals surface area contributed by atoms with Crippen molar-refractivity contribution in [3.05, 3.63) is 76.7 Å². The van der Waals surface area contributed by atoms with Gasteiger partial charge in [0.25, 0.3) is 5.91 Å². The highest BCUT2D eigenvalue weighted by atomic mass is 35.5. The van der Waals surface area contributed by atoms with Gasteiger partial charge in [0.2, 0.25) is 0 Å². The molecule has 144 valence electrons. The molecule has 28 heavy (non-hydrogen) atoms. The van der Waals surface area contributed by atoms with Gasteiger partial charge in [0, 0.05) is 13.1 Å². The highest BCUT2D eigenvalue weighted by Gasteiger charge is 2.35. The molecule has 0 unspecified atom stereocenters. The van der Waals surface area contributed by atoms with Crippen LogP contribution in [0.3, 0.4) is 0 Å². The van der Waals surface area contributed by atoms with Crippen LogP contribution in [0.1, 0.15) is 21.7 Å². The summed E-state index contributed by atoms with van der Waals surface area (Å²) in [6, 6.07) is 13.1. The Morgan fingerprint density at radius 2 is 1.79 bits per heavy atom. The number of amides is 1. The monoisotopic (exact) mass is 405 g/mol. The van der Waals surface area contributed by atoms with Crippen molar-refractivity contribution in [1.29, 1.82) is 0 Å². The van der Waals surface area contributed by atoms with Crippen molar-refractivity contribution in [2.24, 2.45) is 0 Å². The third-order valence-corrected chi connectivity index (χ3v) is 5.16. The van der Waals surface area contributed by atoms with E-state index in [0.717, 1.165) is 17.3 Å². The molecule has 0 fully saturated rings. The van der Waals surface area contributed by atoms with Crippen LogP contribution in [0.4, 0.5) is 13.2 Å². The molecule has 2 aromatic carbocycles. The van der Waals surface area contributed by atoms with E-state index < -0.39 is 22.7 Å². The molecule has 1 aliphatic heterocycles. The first-order chi connectivity index (χ1) is 13.4. The Morgan fingerprint density at radius 1 is 1.04 bits per heavy atom. The van der Waals surface area contributed by atoms with Crippen LogP contribution in [-0.2, 0) is 19.3 Å². The maximum atomic E-state index is 13.1. The van der Waals surface area contributed by atoms with Gasteiger partial charge in [0.05, 0.1) is 34.6 Å². The molecule has 0 aliphatic carbocycles. The quantitative estimate of drug-likeness (QED) is 0.609. The van der Waals surface area contributed by atoms with Crippen LogP contribution in [0.2, 0.25) is 5.02 Å². The molecule has 8 heteroatoms. The summed E-state index contributed by atoms with van der Waals surface area (Å²) in [5.41, 5.74) is 0.798. The predicted molar refractivity (Wildman–Crippen MR) is 98.9 cm³/mol. The zero-order valence-electron chi connectivity index (χ0n) is 14.6. The van der Waals surface area contributed by atoms with Crippen LogP contribution in [0, 0.1) is 0 Å². The van der Waals surface area contributed by atoms with E-state index in [9.17, 15) is 18.0 Å². The number of nitrogens with zero attached hydrogens (tertiary/aromatic N) is 3. The maximum Gasteiger partial charge on any atom is 0.417 e. The van der Waals surface area contributed by atoms with Gasteiger partial charge in [-0.1, -0.05) is 48.0 Å². The zero-order chi connectivity index (χ0) is 19.9. The van der Waals surface area contributed by atoms with Gasteiger partial charge in [-0.2, -0.15) is 13.2 Å². The molecule has 4 nitrogen and oxygen atoms in total. The number of hydrogen-bond donors (Lipinski definition) is 0. The largest absolute Gasteiger partial charge is 0.417 e. The fourth-order valence-electron chi connectivity index (χ4n) is 3.36. The minimum absolute atomic E-state index is 0.153. The number of halogens is 4. The number of alkyl halides is 3. The summed E-state index contributed by atoms with van der Waals surface area (Å²) < 4.78 is 41.2. The van der Waals surface area contributed by atoms with Crippen molar-refractivity contribution in [3.8, 4) is 11.3 Å². The van der Waals surface area contributed by atoms with Crippen LogP contribution in [0.25, 0.3) is 11.3 Å². The van der Waals surface area contributed by atoms with Crippen molar-refractivity contribution < 1.29 is 18.0 Å². The molecular weight excluding hydrogens is 391 g/mol. The molecule has 1 aromatic heterocycles. The standard InChI is InChI=1S/C20H15ClF3N3O/c21-18-14(7-4-8-15(18)20(22,23)24)19(28)26-9-10-27-16(11-25-17(27)12-26)13-5-2-1-3-6-13/h1-8,11H,9-10,12H2. The molecule has 0 N–H and O–H groups in total. The first-order valence-corrected chi connectivity index (χ1v) is 8.99. The number of benzene rings is 2. The first-order valence-electron chi connectivity index (χ1n) is 8.61. The number of aromatic nitrogens is 2. The molecule has 0 atom stereocenters. The van der Waals surface area contributed by atoms with Gasteiger partial charge < -0.3 is 9.47 Å². The average Bonchev–Trinajstić information content (AvgIpc) is 3.10. The van der Waals surface area contributed by atoms with Crippen molar-refractivity contribution in [3.63, 3.8) is 0 Å². The molecule has 0 bridgehead atoms. The van der Waals surface area contributed by atoms with E-state index in [1.165, 1.54) is 17.0 Å². The highest BCUT2D eigenvalue weighted by Crippen LogP contribution is 2.37. The maximum absolute atomic E-state index is 13.1. The highest BCUT2D eigenvalue weighted by molar-refractivity contribution is 6.34. The molecule has 1 amide bonds. The van der Waals surface area contributed by atoms with E-state index in [1.54, 1.807) is 6.20 Å². The van der Waals surface area contributed by atoms with E-state index in [2.05, 4.69) is 4.98 Å². The Labute approximate surface area is 164 Å². The fraction of sp³-hybridized carbons (Fsp3) is 0.200. The third-order valence-electron chi connectivity index (χ3n) is 4.76. The zero-order valence-corrected chi connectivity index (χ0v) is 15.3. The predicted octanol–water partition coefficient (Wildman–Crippen LogP) is 4.88. The Hall–Kier alpha value is -2.80. The minimum atomic E-state index is -4.61. The molecule has 4 rings (SSSR count). The molecule has 0 radical (unpaired) electrons. The third kappa shape index (κ3) is 3.26. The number of hydrogen-bond acceptors (Lipinski definition) is 2. The number of imidazole rings is 1. The van der Waals surface area contributed by atoms with E-state index in [1.807, 2.05) is 34.9 Å². The van der Waals surface area contributed by atoms with E-state index in [-0.39, 0.29) is 12.1 Å². The van der Waals surface area contributed by atoms with Gasteiger partial charge in [-0.05, 0) is 17.7 Å². The van der Waals surface area contributed by atoms with Crippen LogP contribution in [-0.4, -0.2) is 26.9 Å². The van der Waals surface area contributed by atoms with E-state index in [4.69, 9.17) is 11.6 Å². The Balaban J connectivity index is 1.61. The van der Waals surface area contributed by atoms with Crippen LogP contribution >= 0.6 is 11.6 Å². The Bertz CT molecular complexity index is 1030. The Morgan fingerprint density at radius 3 is 2.50 bits per heavy atom. The SMILES string of the molecule is O=C(c1cccc(C(F)(F)F)c1Cl)N1CCn2c(-c3ccccc3)cnc2C1. The summed E-state index contributed by atoms with van der Waals surface area (Å²) in [7, 11) is 0. The lowest BCUT2D eigenvalue weighted by Crippen LogP contribution is -2.38. The summed E-state index contributed by atoms with van der Waals surface area (Å²) >= 11 is 5.90. The second-order valence-electron chi connectivity index (χ2n) is 6.47. The van der Waals surface area contributed by atoms with Gasteiger partial charge >= 0.3 is 6.18 Å². The molecule has 0 spiro atoms. The summed E-state index contributed by atoms with van der Waals surface area (Å²) in [6.45, 7) is 1.06. The lowest BCUT2D eigenvalue weighted by Gasteiger charge is -2.29. The summed E-state index contributed by atoms with van der Waals surface area (Å²) in [5, 5.41) is -0.570. The lowest BCUT2D eigenvalue weighted by atomic mass is 10.1. The molecule has 3 aromatic rings. The second-order valence-corrected chi connectivity index (χ2v) is 6.85. The normalized spacial score (nSPS) is 14.1. The van der Waals surface area contributed by atoms with Gasteiger partial charge in [-0.15, -0.1) is 0 Å². The van der Waals surface area contributed by atoms with Crippen molar-refractivity contribution in [2.75, 3.05) is 6.54 Å². The van der Waals surface area contributed by atoms with Gasteiger partial charge in [-0.25, -0.2) is 4.98 Å². The lowest BCUT2D eigenvalue weighted by molar-refractivity contribution is -0.137. The second kappa shape index (κ2) is 6.98. The van der Waals surface area contributed by atoms with Crippen molar-refractivity contribution >= 4 is 17.5 Å². The van der Waals surface area contributed by atoms with Gasteiger partial charge in [0.15, 0.2) is 0 Å².